The number of esters is 1. The summed E-state index contributed by atoms with van der Waals surface area (Å²) in [6.07, 6.45) is 2.17. The number of hydrogen-bond donors (Lipinski definition) is 0. The van der Waals surface area contributed by atoms with Crippen molar-refractivity contribution in [1.82, 2.24) is 14.7 Å². The van der Waals surface area contributed by atoms with Gasteiger partial charge in [0.2, 0.25) is 5.91 Å². The van der Waals surface area contributed by atoms with E-state index in [0.717, 1.165) is 22.5 Å². The molecule has 0 aliphatic heterocycles. The van der Waals surface area contributed by atoms with Crippen LogP contribution >= 0.6 is 0 Å². The lowest BCUT2D eigenvalue weighted by atomic mass is 10.1. The number of nitrogens with zero attached hydrogens (tertiary/aromatic N) is 3. The van der Waals surface area contributed by atoms with Crippen LogP contribution in [-0.4, -0.2) is 40.2 Å². The maximum absolute atomic E-state index is 12.5. The van der Waals surface area contributed by atoms with Crippen molar-refractivity contribution in [3.8, 4) is 16.9 Å². The zero-order chi connectivity index (χ0) is 20.6. The van der Waals surface area contributed by atoms with Crippen molar-refractivity contribution in [2.24, 2.45) is 0 Å². The second-order valence-electron chi connectivity index (χ2n) is 6.70. The molecular weight excluding hydrogens is 366 g/mol. The number of benzene rings is 2. The number of amides is 1. The molecule has 150 valence electrons. The zero-order valence-corrected chi connectivity index (χ0v) is 16.7. The van der Waals surface area contributed by atoms with Crippen molar-refractivity contribution in [3.05, 3.63) is 72.4 Å². The van der Waals surface area contributed by atoms with Crippen LogP contribution in [0, 0.1) is 0 Å². The molecule has 29 heavy (non-hydrogen) atoms. The van der Waals surface area contributed by atoms with E-state index in [1.807, 2.05) is 71.5 Å². The highest BCUT2D eigenvalue weighted by molar-refractivity contribution is 5.81. The van der Waals surface area contributed by atoms with Gasteiger partial charge < -0.3 is 9.64 Å². The maximum atomic E-state index is 12.5. The van der Waals surface area contributed by atoms with Crippen LogP contribution in [0.2, 0.25) is 0 Å². The van der Waals surface area contributed by atoms with Gasteiger partial charge in [0.25, 0.3) is 0 Å². The third-order valence-corrected chi connectivity index (χ3v) is 4.54. The molecule has 0 saturated carbocycles. The average molecular weight is 391 g/mol. The van der Waals surface area contributed by atoms with Crippen LogP contribution < -0.4 is 0 Å². The van der Waals surface area contributed by atoms with Gasteiger partial charge in [-0.15, -0.1) is 0 Å². The van der Waals surface area contributed by atoms with E-state index in [-0.39, 0.29) is 24.7 Å². The van der Waals surface area contributed by atoms with E-state index in [1.54, 1.807) is 18.9 Å². The van der Waals surface area contributed by atoms with Crippen LogP contribution in [-0.2, 0) is 20.9 Å². The third-order valence-electron chi connectivity index (χ3n) is 4.54. The van der Waals surface area contributed by atoms with Crippen molar-refractivity contribution in [2.75, 3.05) is 13.7 Å². The Morgan fingerprint density at radius 3 is 2.31 bits per heavy atom. The van der Waals surface area contributed by atoms with Crippen molar-refractivity contribution < 1.29 is 14.3 Å². The van der Waals surface area contributed by atoms with Gasteiger partial charge in [-0.2, -0.15) is 5.10 Å². The molecule has 2 aromatic carbocycles. The Labute approximate surface area is 170 Å². The molecule has 1 heterocycles. The average Bonchev–Trinajstić information content (AvgIpc) is 3.17. The summed E-state index contributed by atoms with van der Waals surface area (Å²) in [7, 11) is 1.74. The number of para-hydroxylation sites is 1. The summed E-state index contributed by atoms with van der Waals surface area (Å²) in [5, 5.41) is 4.77. The van der Waals surface area contributed by atoms with Crippen LogP contribution in [0.4, 0.5) is 0 Å². The minimum atomic E-state index is -0.351. The van der Waals surface area contributed by atoms with E-state index in [0.29, 0.717) is 13.2 Å². The fourth-order valence-electron chi connectivity index (χ4n) is 3.05. The Balaban J connectivity index is 1.81. The number of carbonyl (C=O) groups is 2. The molecule has 3 aromatic rings. The number of ether oxygens (including phenoxy) is 1. The van der Waals surface area contributed by atoms with Gasteiger partial charge in [-0.25, -0.2) is 4.68 Å². The number of rotatable bonds is 8. The Morgan fingerprint density at radius 1 is 1.00 bits per heavy atom. The monoisotopic (exact) mass is 391 g/mol. The molecule has 0 fully saturated rings. The molecule has 0 aliphatic carbocycles. The molecule has 0 atom stereocenters. The lowest BCUT2D eigenvalue weighted by Crippen LogP contribution is -2.26. The summed E-state index contributed by atoms with van der Waals surface area (Å²) in [6, 6.07) is 19.8. The molecule has 6 nitrogen and oxygen atoms in total. The first kappa shape index (κ1) is 20.3. The van der Waals surface area contributed by atoms with Crippen LogP contribution in [0.5, 0.6) is 0 Å². The minimum Gasteiger partial charge on any atom is -0.466 e. The topological polar surface area (TPSA) is 64.4 Å². The van der Waals surface area contributed by atoms with Gasteiger partial charge in [0.05, 0.1) is 24.4 Å². The van der Waals surface area contributed by atoms with Gasteiger partial charge in [-0.3, -0.25) is 9.59 Å². The van der Waals surface area contributed by atoms with E-state index < -0.39 is 0 Å². The smallest absolute Gasteiger partial charge is 0.306 e. The van der Waals surface area contributed by atoms with Gasteiger partial charge in [-0.05, 0) is 19.1 Å². The highest BCUT2D eigenvalue weighted by atomic mass is 16.5. The largest absolute Gasteiger partial charge is 0.466 e. The van der Waals surface area contributed by atoms with Gasteiger partial charge in [-0.1, -0.05) is 48.5 Å². The predicted octanol–water partition coefficient (Wildman–Crippen LogP) is 3.84. The standard InChI is InChI=1S/C23H25N3O3/c1-3-29-22(28)15-14-21(27)25(2)16-19-17-26(20-12-8-5-9-13-20)24-23(19)18-10-6-4-7-11-18/h4-13,17H,3,14-16H2,1-2H3. The molecule has 1 aromatic heterocycles. The number of aromatic nitrogens is 2. The van der Waals surface area contributed by atoms with Crippen LogP contribution in [0.3, 0.4) is 0 Å². The zero-order valence-electron chi connectivity index (χ0n) is 16.7. The van der Waals surface area contributed by atoms with Gasteiger partial charge in [0.15, 0.2) is 0 Å². The highest BCUT2D eigenvalue weighted by Crippen LogP contribution is 2.24. The molecule has 0 aliphatic rings. The van der Waals surface area contributed by atoms with Crippen LogP contribution in [0.1, 0.15) is 25.3 Å². The van der Waals surface area contributed by atoms with E-state index in [9.17, 15) is 9.59 Å². The van der Waals surface area contributed by atoms with Gasteiger partial charge in [0, 0.05) is 37.3 Å². The highest BCUT2D eigenvalue weighted by Gasteiger charge is 2.17. The summed E-state index contributed by atoms with van der Waals surface area (Å²) in [5.74, 6) is -0.458. The molecule has 0 spiro atoms. The third kappa shape index (κ3) is 5.31. The summed E-state index contributed by atoms with van der Waals surface area (Å²) in [6.45, 7) is 2.47. The first-order chi connectivity index (χ1) is 14.1. The second-order valence-corrected chi connectivity index (χ2v) is 6.70. The molecule has 0 bridgehead atoms. The van der Waals surface area contributed by atoms with Crippen LogP contribution in [0.25, 0.3) is 16.9 Å². The normalized spacial score (nSPS) is 10.6. The Kier molecular flexibility index (Phi) is 6.79. The summed E-state index contributed by atoms with van der Waals surface area (Å²) in [4.78, 5) is 25.6. The lowest BCUT2D eigenvalue weighted by molar-refractivity contribution is -0.145. The van der Waals surface area contributed by atoms with E-state index in [2.05, 4.69) is 0 Å². The van der Waals surface area contributed by atoms with E-state index in [1.165, 1.54) is 0 Å². The lowest BCUT2D eigenvalue weighted by Gasteiger charge is -2.17. The second kappa shape index (κ2) is 9.68. The molecule has 3 rings (SSSR count). The first-order valence-electron chi connectivity index (χ1n) is 9.67. The summed E-state index contributed by atoms with van der Waals surface area (Å²) in [5.41, 5.74) is 3.71. The fourth-order valence-corrected chi connectivity index (χ4v) is 3.05. The number of hydrogen-bond acceptors (Lipinski definition) is 4. The SMILES string of the molecule is CCOC(=O)CCC(=O)N(C)Cc1cn(-c2ccccc2)nc1-c1ccccc1. The van der Waals surface area contributed by atoms with Crippen molar-refractivity contribution in [2.45, 2.75) is 26.3 Å². The van der Waals surface area contributed by atoms with E-state index >= 15 is 0 Å². The summed E-state index contributed by atoms with van der Waals surface area (Å²) < 4.78 is 6.72. The number of carbonyl (C=O) groups excluding carboxylic acids is 2. The maximum Gasteiger partial charge on any atom is 0.306 e. The Bertz CT molecular complexity index is 952. The molecular formula is C23H25N3O3. The fraction of sp³-hybridized carbons (Fsp3) is 0.261. The van der Waals surface area contributed by atoms with Crippen LogP contribution in [0.15, 0.2) is 66.9 Å². The Morgan fingerprint density at radius 2 is 1.66 bits per heavy atom. The Hall–Kier alpha value is -3.41. The molecule has 0 radical (unpaired) electrons. The molecule has 0 unspecified atom stereocenters. The molecule has 1 amide bonds. The predicted molar refractivity (Wildman–Crippen MR) is 111 cm³/mol. The van der Waals surface area contributed by atoms with Crippen molar-refractivity contribution in [1.29, 1.82) is 0 Å². The molecule has 0 saturated heterocycles. The van der Waals surface area contributed by atoms with E-state index in [4.69, 9.17) is 9.84 Å². The van der Waals surface area contributed by atoms with Gasteiger partial charge in [0.1, 0.15) is 0 Å². The molecule has 0 N–H and O–H groups in total. The van der Waals surface area contributed by atoms with Crippen molar-refractivity contribution in [3.63, 3.8) is 0 Å². The molecule has 6 heteroatoms. The minimum absolute atomic E-state index is 0.0891. The van der Waals surface area contributed by atoms with Crippen molar-refractivity contribution >= 4 is 11.9 Å². The van der Waals surface area contributed by atoms with Gasteiger partial charge >= 0.3 is 5.97 Å². The summed E-state index contributed by atoms with van der Waals surface area (Å²) >= 11 is 0. The quantitative estimate of drug-likeness (QED) is 0.547. The first-order valence-corrected chi connectivity index (χ1v) is 9.67.